The maximum absolute atomic E-state index is 12.3. The van der Waals surface area contributed by atoms with Crippen LogP contribution in [0.4, 0.5) is 11.5 Å². The van der Waals surface area contributed by atoms with Crippen molar-refractivity contribution in [1.29, 1.82) is 0 Å². The van der Waals surface area contributed by atoms with Crippen LogP contribution in [0.5, 0.6) is 0 Å². The molecule has 0 aliphatic rings. The van der Waals surface area contributed by atoms with E-state index in [1.54, 1.807) is 25.1 Å². The van der Waals surface area contributed by atoms with Gasteiger partial charge in [0.15, 0.2) is 5.82 Å². The third-order valence-corrected chi connectivity index (χ3v) is 4.39. The Balaban J connectivity index is 2.28. The third kappa shape index (κ3) is 3.11. The molecule has 2 rings (SSSR count). The number of sulfonamides is 1. The van der Waals surface area contributed by atoms with Gasteiger partial charge in [-0.2, -0.15) is 5.10 Å². The van der Waals surface area contributed by atoms with Gasteiger partial charge in [-0.05, 0) is 31.0 Å². The van der Waals surface area contributed by atoms with Gasteiger partial charge in [-0.3, -0.25) is 9.82 Å². The molecule has 6 nitrogen and oxygen atoms in total. The molecule has 0 unspecified atom stereocenters. The molecule has 0 atom stereocenters. The number of nitrogens with one attached hydrogen (secondary N) is 2. The summed E-state index contributed by atoms with van der Waals surface area (Å²) in [6.45, 7) is 3.77. The molecule has 108 valence electrons. The van der Waals surface area contributed by atoms with Crippen molar-refractivity contribution in [2.45, 2.75) is 31.6 Å². The second-order valence-corrected chi connectivity index (χ2v) is 6.31. The van der Waals surface area contributed by atoms with E-state index in [4.69, 9.17) is 5.73 Å². The average molecular weight is 294 g/mol. The quantitative estimate of drug-likeness (QED) is 0.735. The Morgan fingerprint density at radius 3 is 2.80 bits per heavy atom. The normalized spacial score (nSPS) is 11.5. The topological polar surface area (TPSA) is 101 Å². The first kappa shape index (κ1) is 14.4. The SMILES string of the molecule is CCCc1cc(NS(=O)(=O)c2cc(N)ccc2C)n[nH]1. The number of H-pyrrole nitrogens is 1. The van der Waals surface area contributed by atoms with E-state index in [1.165, 1.54) is 6.07 Å². The summed E-state index contributed by atoms with van der Waals surface area (Å²) in [5, 5.41) is 6.76. The van der Waals surface area contributed by atoms with Crippen molar-refractivity contribution < 1.29 is 8.42 Å². The Kier molecular flexibility index (Phi) is 3.99. The van der Waals surface area contributed by atoms with Crippen LogP contribution >= 0.6 is 0 Å². The van der Waals surface area contributed by atoms with Crippen molar-refractivity contribution in [2.24, 2.45) is 0 Å². The molecule has 7 heteroatoms. The summed E-state index contributed by atoms with van der Waals surface area (Å²) >= 11 is 0. The molecule has 0 saturated heterocycles. The first-order valence-corrected chi connectivity index (χ1v) is 7.84. The first-order valence-electron chi connectivity index (χ1n) is 6.35. The summed E-state index contributed by atoms with van der Waals surface area (Å²) in [6.07, 6.45) is 1.79. The van der Waals surface area contributed by atoms with E-state index < -0.39 is 10.0 Å². The van der Waals surface area contributed by atoms with Crippen molar-refractivity contribution >= 4 is 21.5 Å². The number of hydrogen-bond donors (Lipinski definition) is 3. The van der Waals surface area contributed by atoms with Crippen LogP contribution in [-0.2, 0) is 16.4 Å². The van der Waals surface area contributed by atoms with Crippen LogP contribution in [-0.4, -0.2) is 18.6 Å². The van der Waals surface area contributed by atoms with Gasteiger partial charge in [0.05, 0.1) is 4.90 Å². The molecule has 0 aliphatic heterocycles. The number of nitrogens with two attached hydrogens (primary N) is 1. The Hall–Kier alpha value is -2.02. The number of anilines is 2. The minimum absolute atomic E-state index is 0.164. The van der Waals surface area contributed by atoms with Crippen LogP contribution < -0.4 is 10.5 Å². The van der Waals surface area contributed by atoms with Crippen LogP contribution in [0.1, 0.15) is 24.6 Å². The Labute approximate surface area is 118 Å². The zero-order chi connectivity index (χ0) is 14.8. The number of aryl methyl sites for hydroxylation is 2. The van der Waals surface area contributed by atoms with Crippen molar-refractivity contribution in [3.63, 3.8) is 0 Å². The zero-order valence-electron chi connectivity index (χ0n) is 11.5. The number of aromatic nitrogens is 2. The number of nitrogens with zero attached hydrogens (tertiary/aromatic N) is 1. The fourth-order valence-corrected chi connectivity index (χ4v) is 3.18. The van der Waals surface area contributed by atoms with E-state index in [1.807, 2.05) is 6.92 Å². The summed E-state index contributed by atoms with van der Waals surface area (Å²) in [6, 6.07) is 6.49. The smallest absolute Gasteiger partial charge is 0.263 e. The number of benzene rings is 1. The molecule has 0 amide bonds. The van der Waals surface area contributed by atoms with Crippen molar-refractivity contribution in [2.75, 3.05) is 10.5 Å². The van der Waals surface area contributed by atoms with Gasteiger partial charge in [0.2, 0.25) is 0 Å². The number of nitrogen functional groups attached to an aromatic ring is 1. The molecule has 0 saturated carbocycles. The van der Waals surface area contributed by atoms with Gasteiger partial charge in [0.25, 0.3) is 10.0 Å². The average Bonchev–Trinajstić information content (AvgIpc) is 2.79. The molecule has 1 aromatic heterocycles. The van der Waals surface area contributed by atoms with E-state index in [-0.39, 0.29) is 10.7 Å². The lowest BCUT2D eigenvalue weighted by Crippen LogP contribution is -2.14. The van der Waals surface area contributed by atoms with Gasteiger partial charge >= 0.3 is 0 Å². The van der Waals surface area contributed by atoms with Gasteiger partial charge in [0.1, 0.15) is 0 Å². The lowest BCUT2D eigenvalue weighted by molar-refractivity contribution is 0.600. The van der Waals surface area contributed by atoms with Gasteiger partial charge in [-0.15, -0.1) is 0 Å². The maximum atomic E-state index is 12.3. The fourth-order valence-electron chi connectivity index (χ4n) is 1.91. The minimum atomic E-state index is -3.68. The van der Waals surface area contributed by atoms with E-state index in [2.05, 4.69) is 14.9 Å². The van der Waals surface area contributed by atoms with Crippen LogP contribution in [0, 0.1) is 6.92 Å². The Bertz CT molecular complexity index is 707. The third-order valence-electron chi connectivity index (χ3n) is 2.89. The second-order valence-electron chi connectivity index (χ2n) is 4.66. The van der Waals surface area contributed by atoms with Crippen molar-refractivity contribution in [1.82, 2.24) is 10.2 Å². The molecule has 0 bridgehead atoms. The molecular formula is C13H18N4O2S. The highest BCUT2D eigenvalue weighted by Gasteiger charge is 2.18. The highest BCUT2D eigenvalue weighted by molar-refractivity contribution is 7.92. The second kappa shape index (κ2) is 5.54. The highest BCUT2D eigenvalue weighted by atomic mass is 32.2. The summed E-state index contributed by atoms with van der Waals surface area (Å²) < 4.78 is 27.1. The molecule has 20 heavy (non-hydrogen) atoms. The van der Waals surface area contributed by atoms with Crippen molar-refractivity contribution in [3.05, 3.63) is 35.5 Å². The molecule has 2 aromatic rings. The predicted octanol–water partition coefficient (Wildman–Crippen LogP) is 2.05. The molecule has 4 N–H and O–H groups in total. The van der Waals surface area contributed by atoms with Gasteiger partial charge in [-0.25, -0.2) is 8.42 Å². The lowest BCUT2D eigenvalue weighted by Gasteiger charge is -2.08. The molecular weight excluding hydrogens is 276 g/mol. The van der Waals surface area contributed by atoms with E-state index in [0.29, 0.717) is 11.3 Å². The molecule has 1 heterocycles. The van der Waals surface area contributed by atoms with Crippen LogP contribution in [0.3, 0.4) is 0 Å². The number of hydrogen-bond acceptors (Lipinski definition) is 4. The minimum Gasteiger partial charge on any atom is -0.399 e. The largest absolute Gasteiger partial charge is 0.399 e. The molecule has 0 aliphatic carbocycles. The van der Waals surface area contributed by atoms with E-state index in [9.17, 15) is 8.42 Å². The zero-order valence-corrected chi connectivity index (χ0v) is 12.3. The van der Waals surface area contributed by atoms with Crippen LogP contribution in [0.2, 0.25) is 0 Å². The van der Waals surface area contributed by atoms with Crippen LogP contribution in [0.15, 0.2) is 29.2 Å². The summed E-state index contributed by atoms with van der Waals surface area (Å²) in [7, 11) is -3.68. The molecule has 0 fully saturated rings. The van der Waals surface area contributed by atoms with Crippen LogP contribution in [0.25, 0.3) is 0 Å². The monoisotopic (exact) mass is 294 g/mol. The van der Waals surface area contributed by atoms with Gasteiger partial charge < -0.3 is 5.73 Å². The summed E-state index contributed by atoms with van der Waals surface area (Å²) in [5.74, 6) is 0.287. The fraction of sp³-hybridized carbons (Fsp3) is 0.308. The number of aromatic amines is 1. The Morgan fingerprint density at radius 1 is 1.35 bits per heavy atom. The first-order chi connectivity index (χ1) is 9.42. The summed E-state index contributed by atoms with van der Waals surface area (Å²) in [5.41, 5.74) is 7.59. The maximum Gasteiger partial charge on any atom is 0.263 e. The van der Waals surface area contributed by atoms with Crippen molar-refractivity contribution in [3.8, 4) is 0 Å². The van der Waals surface area contributed by atoms with E-state index in [0.717, 1.165) is 18.5 Å². The predicted molar refractivity (Wildman–Crippen MR) is 79.0 cm³/mol. The molecule has 0 spiro atoms. The standard InChI is InChI=1S/C13H18N4O2S/c1-3-4-11-8-13(16-15-11)17-20(18,19)12-7-10(14)6-5-9(12)2/h5-8H,3-4,14H2,1-2H3,(H2,15,16,17). The molecule has 0 radical (unpaired) electrons. The summed E-state index contributed by atoms with van der Waals surface area (Å²) in [4.78, 5) is 0.164. The highest BCUT2D eigenvalue weighted by Crippen LogP contribution is 2.21. The van der Waals surface area contributed by atoms with Gasteiger partial charge in [-0.1, -0.05) is 19.4 Å². The lowest BCUT2D eigenvalue weighted by atomic mass is 10.2. The van der Waals surface area contributed by atoms with E-state index >= 15 is 0 Å². The number of rotatable bonds is 5. The Morgan fingerprint density at radius 2 is 2.10 bits per heavy atom. The molecule has 1 aromatic carbocycles. The van der Waals surface area contributed by atoms with Gasteiger partial charge in [0, 0.05) is 17.4 Å².